The maximum atomic E-state index is 13.0. The SMILES string of the molecule is COC(=O)[C@H](CC1=CN=CC1)Nc1cc(CC(=O)c2ccc(C(C)(C)C)cc2)nc2ccnn12. The number of aliphatic imine (C=N–C) groups is 1. The molecule has 8 nitrogen and oxygen atoms in total. The van der Waals surface area contributed by atoms with Crippen molar-refractivity contribution in [2.75, 3.05) is 12.4 Å². The van der Waals surface area contributed by atoms with Crippen LogP contribution in [0.5, 0.6) is 0 Å². The van der Waals surface area contributed by atoms with Crippen LogP contribution in [0.15, 0.2) is 59.4 Å². The lowest BCUT2D eigenvalue weighted by molar-refractivity contribution is -0.141. The van der Waals surface area contributed by atoms with E-state index in [0.29, 0.717) is 35.6 Å². The summed E-state index contributed by atoms with van der Waals surface area (Å²) < 4.78 is 6.62. The Morgan fingerprint density at radius 3 is 2.59 bits per heavy atom. The monoisotopic (exact) mass is 459 g/mol. The van der Waals surface area contributed by atoms with Gasteiger partial charge in [-0.2, -0.15) is 9.61 Å². The molecule has 0 amide bonds. The second-order valence-electron chi connectivity index (χ2n) is 9.41. The predicted octanol–water partition coefficient (Wildman–Crippen LogP) is 4.15. The molecule has 1 N–H and O–H groups in total. The third-order valence-electron chi connectivity index (χ3n) is 5.82. The molecule has 8 heteroatoms. The highest BCUT2D eigenvalue weighted by Gasteiger charge is 2.23. The molecule has 0 radical (unpaired) electrons. The lowest BCUT2D eigenvalue weighted by atomic mass is 9.86. The minimum Gasteiger partial charge on any atom is -0.467 e. The van der Waals surface area contributed by atoms with Gasteiger partial charge < -0.3 is 10.1 Å². The Morgan fingerprint density at radius 1 is 1.18 bits per heavy atom. The van der Waals surface area contributed by atoms with E-state index < -0.39 is 6.04 Å². The number of esters is 1. The third-order valence-corrected chi connectivity index (χ3v) is 5.82. The number of nitrogens with zero attached hydrogens (tertiary/aromatic N) is 4. The molecule has 0 aliphatic carbocycles. The quantitative estimate of drug-likeness (QED) is 0.401. The minimum atomic E-state index is -0.624. The lowest BCUT2D eigenvalue weighted by Crippen LogP contribution is -2.32. The van der Waals surface area contributed by atoms with E-state index in [1.54, 1.807) is 35.3 Å². The van der Waals surface area contributed by atoms with Crippen molar-refractivity contribution in [3.05, 3.63) is 71.2 Å². The molecule has 34 heavy (non-hydrogen) atoms. The standard InChI is InChI=1S/C26H29N5O3/c1-26(2,3)19-7-5-18(6-8-19)22(32)14-20-15-24(31-23(29-20)10-12-28-31)30-21(25(33)34-4)13-17-9-11-27-16-17/h5-8,10-12,15-16,21,30H,9,13-14H2,1-4H3/t21-/m0/s1. The van der Waals surface area contributed by atoms with E-state index >= 15 is 0 Å². The number of carbonyl (C=O) groups excluding carboxylic acids is 2. The van der Waals surface area contributed by atoms with Crippen molar-refractivity contribution in [2.45, 2.75) is 51.5 Å². The first-order chi connectivity index (χ1) is 16.2. The first-order valence-electron chi connectivity index (χ1n) is 11.3. The summed E-state index contributed by atoms with van der Waals surface area (Å²) in [4.78, 5) is 34.2. The van der Waals surface area contributed by atoms with Crippen molar-refractivity contribution >= 4 is 29.4 Å². The second kappa shape index (κ2) is 9.59. The normalized spacial score (nSPS) is 14.2. The Kier molecular flexibility index (Phi) is 6.58. The van der Waals surface area contributed by atoms with Crippen LogP contribution in [-0.4, -0.2) is 45.7 Å². The lowest BCUT2D eigenvalue weighted by Gasteiger charge is -2.19. The van der Waals surface area contributed by atoms with Crippen LogP contribution in [0.4, 0.5) is 5.82 Å². The summed E-state index contributed by atoms with van der Waals surface area (Å²) in [5, 5.41) is 7.56. The number of ether oxygens (including phenoxy) is 1. The number of rotatable bonds is 8. The average molecular weight is 460 g/mol. The molecule has 4 rings (SSSR count). The molecule has 0 fully saturated rings. The first kappa shape index (κ1) is 23.4. The van der Waals surface area contributed by atoms with Gasteiger partial charge in [-0.1, -0.05) is 45.0 Å². The fraction of sp³-hybridized carbons (Fsp3) is 0.346. The highest BCUT2D eigenvalue weighted by atomic mass is 16.5. The number of benzene rings is 1. The highest BCUT2D eigenvalue weighted by molar-refractivity contribution is 5.97. The number of hydrogen-bond acceptors (Lipinski definition) is 7. The predicted molar refractivity (Wildman–Crippen MR) is 131 cm³/mol. The van der Waals surface area contributed by atoms with Crippen molar-refractivity contribution in [3.8, 4) is 0 Å². The number of anilines is 1. The van der Waals surface area contributed by atoms with Crippen LogP contribution in [0.25, 0.3) is 5.65 Å². The molecule has 3 aromatic rings. The molecule has 0 unspecified atom stereocenters. The van der Waals surface area contributed by atoms with E-state index in [0.717, 1.165) is 5.57 Å². The Labute approximate surface area is 198 Å². The van der Waals surface area contributed by atoms with Gasteiger partial charge in [-0.3, -0.25) is 9.79 Å². The van der Waals surface area contributed by atoms with Gasteiger partial charge in [0.15, 0.2) is 11.4 Å². The molecule has 1 aliphatic heterocycles. The van der Waals surface area contributed by atoms with E-state index in [1.807, 2.05) is 24.3 Å². The number of aromatic nitrogens is 3. The molecule has 0 spiro atoms. The van der Waals surface area contributed by atoms with Crippen molar-refractivity contribution in [1.29, 1.82) is 0 Å². The van der Waals surface area contributed by atoms with Gasteiger partial charge in [0.25, 0.3) is 0 Å². The second-order valence-corrected chi connectivity index (χ2v) is 9.41. The van der Waals surface area contributed by atoms with E-state index in [-0.39, 0.29) is 23.6 Å². The zero-order valence-electron chi connectivity index (χ0n) is 19.9. The Bertz CT molecular complexity index is 1270. The smallest absolute Gasteiger partial charge is 0.328 e. The number of nitrogens with one attached hydrogen (secondary N) is 1. The topological polar surface area (TPSA) is 97.9 Å². The van der Waals surface area contributed by atoms with Crippen LogP contribution in [-0.2, 0) is 21.4 Å². The Balaban J connectivity index is 1.57. The summed E-state index contributed by atoms with van der Waals surface area (Å²) in [5.74, 6) is 0.151. The Morgan fingerprint density at radius 2 is 1.94 bits per heavy atom. The number of methoxy groups -OCH3 is 1. The van der Waals surface area contributed by atoms with Crippen LogP contribution >= 0.6 is 0 Å². The molecule has 2 aromatic heterocycles. The number of Topliss-reactive ketones (excluding diaryl/α,β-unsaturated/α-hetero) is 1. The minimum absolute atomic E-state index is 0.0214. The first-order valence-corrected chi connectivity index (χ1v) is 11.3. The molecule has 1 atom stereocenters. The van der Waals surface area contributed by atoms with Gasteiger partial charge in [-0.25, -0.2) is 9.78 Å². The molecule has 3 heterocycles. The van der Waals surface area contributed by atoms with E-state index in [2.05, 4.69) is 41.2 Å². The fourth-order valence-corrected chi connectivity index (χ4v) is 3.87. The molecule has 0 bridgehead atoms. The maximum Gasteiger partial charge on any atom is 0.328 e. The third kappa shape index (κ3) is 5.22. The van der Waals surface area contributed by atoms with Crippen molar-refractivity contribution in [2.24, 2.45) is 4.99 Å². The summed E-state index contributed by atoms with van der Waals surface area (Å²) in [7, 11) is 1.36. The van der Waals surface area contributed by atoms with Gasteiger partial charge >= 0.3 is 5.97 Å². The summed E-state index contributed by atoms with van der Waals surface area (Å²) in [6.45, 7) is 6.42. The number of hydrogen-bond donors (Lipinski definition) is 1. The summed E-state index contributed by atoms with van der Waals surface area (Å²) >= 11 is 0. The van der Waals surface area contributed by atoms with E-state index in [1.165, 1.54) is 12.7 Å². The van der Waals surface area contributed by atoms with E-state index in [9.17, 15) is 9.59 Å². The van der Waals surface area contributed by atoms with Crippen LogP contribution in [0.3, 0.4) is 0 Å². The van der Waals surface area contributed by atoms with Gasteiger partial charge in [0, 0.05) is 43.0 Å². The molecule has 1 aliphatic rings. The average Bonchev–Trinajstić information content (AvgIpc) is 3.49. The number of carbonyl (C=O) groups is 2. The molecule has 1 aromatic carbocycles. The Hall–Kier alpha value is -3.81. The maximum absolute atomic E-state index is 13.0. The highest BCUT2D eigenvalue weighted by Crippen LogP contribution is 2.23. The van der Waals surface area contributed by atoms with Crippen molar-refractivity contribution in [3.63, 3.8) is 0 Å². The van der Waals surface area contributed by atoms with E-state index in [4.69, 9.17) is 4.74 Å². The molecular weight excluding hydrogens is 430 g/mol. The molecule has 0 saturated carbocycles. The van der Waals surface area contributed by atoms with Gasteiger partial charge in [0.2, 0.25) is 0 Å². The van der Waals surface area contributed by atoms with Gasteiger partial charge in [0.1, 0.15) is 11.9 Å². The van der Waals surface area contributed by atoms with Crippen LogP contribution in [0, 0.1) is 0 Å². The van der Waals surface area contributed by atoms with Gasteiger partial charge in [-0.05, 0) is 16.6 Å². The number of ketones is 1. The van der Waals surface area contributed by atoms with Crippen molar-refractivity contribution < 1.29 is 14.3 Å². The van der Waals surface area contributed by atoms with Gasteiger partial charge in [0.05, 0.1) is 25.4 Å². The molecular formula is C26H29N5O3. The van der Waals surface area contributed by atoms with Gasteiger partial charge in [-0.15, -0.1) is 0 Å². The zero-order chi connectivity index (χ0) is 24.3. The van der Waals surface area contributed by atoms with Crippen LogP contribution in [0.2, 0.25) is 0 Å². The van der Waals surface area contributed by atoms with Crippen LogP contribution in [0.1, 0.15) is 55.2 Å². The zero-order valence-corrected chi connectivity index (χ0v) is 19.9. The number of fused-ring (bicyclic) bond motifs is 1. The summed E-state index contributed by atoms with van der Waals surface area (Å²) in [5.41, 5.74) is 4.04. The summed E-state index contributed by atoms with van der Waals surface area (Å²) in [6, 6.07) is 10.6. The molecule has 0 saturated heterocycles. The van der Waals surface area contributed by atoms with Crippen LogP contribution < -0.4 is 5.32 Å². The molecule has 176 valence electrons. The largest absolute Gasteiger partial charge is 0.467 e. The van der Waals surface area contributed by atoms with Crippen molar-refractivity contribution in [1.82, 2.24) is 14.6 Å². The summed E-state index contributed by atoms with van der Waals surface area (Å²) in [6.07, 6.45) is 6.49. The fourth-order valence-electron chi connectivity index (χ4n) is 3.87.